The first-order valence-electron chi connectivity index (χ1n) is 4.42. The zero-order valence-electron chi connectivity index (χ0n) is 7.78. The highest BCUT2D eigenvalue weighted by Gasteiger charge is 2.09. The predicted octanol–water partition coefficient (Wildman–Crippen LogP) is 1.59. The molecular formula is C10H10N2O2. The molecule has 0 fully saturated rings. The van der Waals surface area contributed by atoms with Gasteiger partial charge in [0.05, 0.1) is 24.5 Å². The third kappa shape index (κ3) is 1.35. The van der Waals surface area contributed by atoms with Crippen molar-refractivity contribution in [3.63, 3.8) is 0 Å². The Kier molecular flexibility index (Phi) is 2.18. The number of furan rings is 1. The minimum Gasteiger partial charge on any atom is -0.472 e. The van der Waals surface area contributed by atoms with Crippen molar-refractivity contribution in [1.82, 2.24) is 9.97 Å². The van der Waals surface area contributed by atoms with Crippen molar-refractivity contribution in [2.24, 2.45) is 0 Å². The van der Waals surface area contributed by atoms with Gasteiger partial charge in [-0.25, -0.2) is 4.98 Å². The van der Waals surface area contributed by atoms with Crippen LogP contribution in [0, 0.1) is 0 Å². The van der Waals surface area contributed by atoms with Gasteiger partial charge >= 0.3 is 0 Å². The smallest absolute Gasteiger partial charge is 0.254 e. The molecule has 0 unspecified atom stereocenters. The molecule has 72 valence electrons. The summed E-state index contributed by atoms with van der Waals surface area (Å²) in [5, 5.41) is 0. The van der Waals surface area contributed by atoms with Gasteiger partial charge < -0.3 is 9.40 Å². The average molecular weight is 190 g/mol. The zero-order valence-corrected chi connectivity index (χ0v) is 7.78. The van der Waals surface area contributed by atoms with Crippen molar-refractivity contribution < 1.29 is 4.42 Å². The normalized spacial score (nSPS) is 10.4. The molecular weight excluding hydrogens is 180 g/mol. The molecule has 4 heteroatoms. The molecule has 0 saturated heterocycles. The summed E-state index contributed by atoms with van der Waals surface area (Å²) in [6.07, 6.45) is 5.21. The SMILES string of the molecule is CCc1c(-c2ccoc2)nc[nH]c1=O. The summed E-state index contributed by atoms with van der Waals surface area (Å²) in [5.74, 6) is 0. The van der Waals surface area contributed by atoms with E-state index in [0.29, 0.717) is 17.7 Å². The maximum Gasteiger partial charge on any atom is 0.254 e. The highest BCUT2D eigenvalue weighted by atomic mass is 16.3. The summed E-state index contributed by atoms with van der Waals surface area (Å²) >= 11 is 0. The summed E-state index contributed by atoms with van der Waals surface area (Å²) in [4.78, 5) is 18.1. The van der Waals surface area contributed by atoms with E-state index in [1.54, 1.807) is 18.6 Å². The summed E-state index contributed by atoms with van der Waals surface area (Å²) < 4.78 is 4.96. The number of nitrogens with zero attached hydrogens (tertiary/aromatic N) is 1. The van der Waals surface area contributed by atoms with Crippen LogP contribution < -0.4 is 5.56 Å². The summed E-state index contributed by atoms with van der Waals surface area (Å²) in [6.45, 7) is 1.93. The number of hydrogen-bond acceptors (Lipinski definition) is 3. The minimum atomic E-state index is -0.0845. The lowest BCUT2D eigenvalue weighted by molar-refractivity contribution is 0.568. The Morgan fingerprint density at radius 2 is 2.43 bits per heavy atom. The summed E-state index contributed by atoms with van der Waals surface area (Å²) in [7, 11) is 0. The fourth-order valence-corrected chi connectivity index (χ4v) is 1.40. The highest BCUT2D eigenvalue weighted by molar-refractivity contribution is 5.60. The van der Waals surface area contributed by atoms with Crippen molar-refractivity contribution in [2.75, 3.05) is 0 Å². The van der Waals surface area contributed by atoms with Crippen LogP contribution in [0.25, 0.3) is 11.3 Å². The van der Waals surface area contributed by atoms with Gasteiger partial charge in [-0.1, -0.05) is 6.92 Å². The molecule has 0 radical (unpaired) electrons. The second kappa shape index (κ2) is 3.49. The van der Waals surface area contributed by atoms with Gasteiger partial charge in [-0.05, 0) is 12.5 Å². The van der Waals surface area contributed by atoms with Gasteiger partial charge in [-0.3, -0.25) is 4.79 Å². The molecule has 14 heavy (non-hydrogen) atoms. The van der Waals surface area contributed by atoms with Crippen molar-refractivity contribution in [3.05, 3.63) is 40.8 Å². The Hall–Kier alpha value is -1.84. The van der Waals surface area contributed by atoms with Crippen LogP contribution in [0.4, 0.5) is 0 Å². The van der Waals surface area contributed by atoms with Crippen LogP contribution in [0.5, 0.6) is 0 Å². The van der Waals surface area contributed by atoms with E-state index in [4.69, 9.17) is 4.42 Å². The van der Waals surface area contributed by atoms with E-state index in [-0.39, 0.29) is 5.56 Å². The lowest BCUT2D eigenvalue weighted by Gasteiger charge is -2.01. The lowest BCUT2D eigenvalue weighted by Crippen LogP contribution is -2.13. The van der Waals surface area contributed by atoms with Crippen LogP contribution in [0.1, 0.15) is 12.5 Å². The Morgan fingerprint density at radius 1 is 1.57 bits per heavy atom. The van der Waals surface area contributed by atoms with Crippen LogP contribution >= 0.6 is 0 Å². The molecule has 0 aromatic carbocycles. The van der Waals surface area contributed by atoms with Gasteiger partial charge in [0.2, 0.25) is 0 Å². The number of nitrogens with one attached hydrogen (secondary N) is 1. The molecule has 0 spiro atoms. The minimum absolute atomic E-state index is 0.0845. The third-order valence-corrected chi connectivity index (χ3v) is 2.10. The third-order valence-electron chi connectivity index (χ3n) is 2.10. The number of rotatable bonds is 2. The second-order valence-corrected chi connectivity index (χ2v) is 2.92. The zero-order chi connectivity index (χ0) is 9.97. The number of H-pyrrole nitrogens is 1. The molecule has 0 aliphatic carbocycles. The maximum absolute atomic E-state index is 11.4. The van der Waals surface area contributed by atoms with Gasteiger partial charge in [0.1, 0.15) is 0 Å². The first kappa shape index (κ1) is 8.74. The van der Waals surface area contributed by atoms with E-state index in [1.165, 1.54) is 6.33 Å². The Bertz CT molecular complexity index is 471. The monoisotopic (exact) mass is 190 g/mol. The van der Waals surface area contributed by atoms with Crippen LogP contribution in [0.3, 0.4) is 0 Å². The quantitative estimate of drug-likeness (QED) is 0.782. The van der Waals surface area contributed by atoms with E-state index in [2.05, 4.69) is 9.97 Å². The first-order valence-corrected chi connectivity index (χ1v) is 4.42. The molecule has 2 rings (SSSR count). The first-order chi connectivity index (χ1) is 6.83. The number of aromatic amines is 1. The van der Waals surface area contributed by atoms with E-state index in [9.17, 15) is 4.79 Å². The summed E-state index contributed by atoms with van der Waals surface area (Å²) in [6, 6.07) is 1.79. The average Bonchev–Trinajstić information content (AvgIpc) is 2.70. The van der Waals surface area contributed by atoms with Crippen molar-refractivity contribution in [3.8, 4) is 11.3 Å². The van der Waals surface area contributed by atoms with Gasteiger partial charge in [0.15, 0.2) is 0 Å². The van der Waals surface area contributed by atoms with E-state index in [1.807, 2.05) is 6.92 Å². The fraction of sp³-hybridized carbons (Fsp3) is 0.200. The predicted molar refractivity (Wildman–Crippen MR) is 51.9 cm³/mol. The second-order valence-electron chi connectivity index (χ2n) is 2.92. The summed E-state index contributed by atoms with van der Waals surface area (Å²) in [5.41, 5.74) is 2.14. The standard InChI is InChI=1S/C10H10N2O2/c1-2-8-9(7-3-4-14-5-7)11-6-12-10(8)13/h3-6H,2H2,1H3,(H,11,12,13). The molecule has 0 atom stereocenters. The van der Waals surface area contributed by atoms with Crippen molar-refractivity contribution in [1.29, 1.82) is 0 Å². The number of aromatic nitrogens is 2. The molecule has 4 nitrogen and oxygen atoms in total. The van der Waals surface area contributed by atoms with Crippen LogP contribution in [0.2, 0.25) is 0 Å². The van der Waals surface area contributed by atoms with Gasteiger partial charge in [0.25, 0.3) is 5.56 Å². The fourth-order valence-electron chi connectivity index (χ4n) is 1.40. The van der Waals surface area contributed by atoms with E-state index in [0.717, 1.165) is 5.56 Å². The molecule has 2 aromatic rings. The topological polar surface area (TPSA) is 58.9 Å². The van der Waals surface area contributed by atoms with Gasteiger partial charge in [-0.2, -0.15) is 0 Å². The molecule has 2 aromatic heterocycles. The molecule has 0 amide bonds. The van der Waals surface area contributed by atoms with E-state index >= 15 is 0 Å². The molecule has 0 bridgehead atoms. The highest BCUT2D eigenvalue weighted by Crippen LogP contribution is 2.18. The number of hydrogen-bond donors (Lipinski definition) is 1. The van der Waals surface area contributed by atoms with Crippen LogP contribution in [-0.2, 0) is 6.42 Å². The molecule has 0 aliphatic rings. The van der Waals surface area contributed by atoms with Crippen molar-refractivity contribution >= 4 is 0 Å². The van der Waals surface area contributed by atoms with E-state index < -0.39 is 0 Å². The Labute approximate surface area is 80.6 Å². The lowest BCUT2D eigenvalue weighted by atomic mass is 10.1. The van der Waals surface area contributed by atoms with Crippen LogP contribution in [-0.4, -0.2) is 9.97 Å². The van der Waals surface area contributed by atoms with Gasteiger partial charge in [-0.15, -0.1) is 0 Å². The maximum atomic E-state index is 11.4. The Morgan fingerprint density at radius 3 is 3.07 bits per heavy atom. The Balaban J connectivity index is 2.64. The van der Waals surface area contributed by atoms with Crippen molar-refractivity contribution in [2.45, 2.75) is 13.3 Å². The van der Waals surface area contributed by atoms with Gasteiger partial charge in [0, 0.05) is 11.1 Å². The molecule has 1 N–H and O–H groups in total. The largest absolute Gasteiger partial charge is 0.472 e. The van der Waals surface area contributed by atoms with Crippen LogP contribution in [0.15, 0.2) is 34.1 Å². The molecule has 0 aliphatic heterocycles. The molecule has 0 saturated carbocycles. The molecule has 2 heterocycles.